The molecule has 0 bridgehead atoms. The van der Waals surface area contributed by atoms with E-state index >= 15 is 0 Å². The van der Waals surface area contributed by atoms with Crippen LogP contribution in [-0.2, 0) is 0 Å². The zero-order valence-corrected chi connectivity index (χ0v) is 12.3. The van der Waals surface area contributed by atoms with Crippen molar-refractivity contribution in [2.45, 2.75) is 25.8 Å². The lowest BCUT2D eigenvalue weighted by Crippen LogP contribution is -2.45. The van der Waals surface area contributed by atoms with Crippen LogP contribution in [-0.4, -0.2) is 31.1 Å². The first-order chi connectivity index (χ1) is 8.72. The van der Waals surface area contributed by atoms with Gasteiger partial charge in [0.05, 0.1) is 0 Å². The predicted molar refractivity (Wildman–Crippen MR) is 76.2 cm³/mol. The molecule has 1 aliphatic heterocycles. The van der Waals surface area contributed by atoms with Gasteiger partial charge in [0.1, 0.15) is 5.82 Å². The molecular formula is C14H20BrFN2. The van der Waals surface area contributed by atoms with E-state index in [4.69, 9.17) is 0 Å². The summed E-state index contributed by atoms with van der Waals surface area (Å²) in [6.45, 7) is 6.30. The van der Waals surface area contributed by atoms with E-state index in [1.54, 1.807) is 6.07 Å². The average molecular weight is 315 g/mol. The van der Waals surface area contributed by atoms with E-state index in [2.05, 4.69) is 33.1 Å². The summed E-state index contributed by atoms with van der Waals surface area (Å²) in [7, 11) is 0. The first-order valence-corrected chi connectivity index (χ1v) is 7.41. The Hall–Kier alpha value is -0.450. The molecule has 0 saturated carbocycles. The fourth-order valence-electron chi connectivity index (χ4n) is 2.57. The zero-order chi connectivity index (χ0) is 13.0. The number of rotatable bonds is 4. The van der Waals surface area contributed by atoms with E-state index in [-0.39, 0.29) is 5.82 Å². The van der Waals surface area contributed by atoms with Gasteiger partial charge in [-0.3, -0.25) is 4.90 Å². The number of hydrogen-bond acceptors (Lipinski definition) is 2. The highest BCUT2D eigenvalue weighted by Gasteiger charge is 2.23. The van der Waals surface area contributed by atoms with Crippen LogP contribution in [0.3, 0.4) is 0 Å². The van der Waals surface area contributed by atoms with Crippen molar-refractivity contribution in [1.29, 1.82) is 0 Å². The van der Waals surface area contributed by atoms with Crippen molar-refractivity contribution in [3.8, 4) is 0 Å². The van der Waals surface area contributed by atoms with Crippen molar-refractivity contribution in [3.05, 3.63) is 34.1 Å². The Morgan fingerprint density at radius 1 is 1.39 bits per heavy atom. The Morgan fingerprint density at radius 3 is 2.78 bits per heavy atom. The third-order valence-electron chi connectivity index (χ3n) is 3.47. The normalized spacial score (nSPS) is 18.8. The Morgan fingerprint density at radius 2 is 2.11 bits per heavy atom. The number of piperazine rings is 1. The highest BCUT2D eigenvalue weighted by molar-refractivity contribution is 9.10. The first kappa shape index (κ1) is 14.0. The van der Waals surface area contributed by atoms with Gasteiger partial charge in [-0.2, -0.15) is 0 Å². The second kappa shape index (κ2) is 6.64. The Balaban J connectivity index is 2.24. The maximum Gasteiger partial charge on any atom is 0.123 e. The molecule has 1 N–H and O–H groups in total. The van der Waals surface area contributed by atoms with E-state index in [0.29, 0.717) is 6.04 Å². The van der Waals surface area contributed by atoms with Gasteiger partial charge in [0.15, 0.2) is 0 Å². The molecule has 1 heterocycles. The molecule has 100 valence electrons. The highest BCUT2D eigenvalue weighted by atomic mass is 79.9. The van der Waals surface area contributed by atoms with Crippen molar-refractivity contribution >= 4 is 15.9 Å². The standard InChI is InChI=1S/C14H20BrFN2/c1-2-3-14(18-8-6-17-7-9-18)12-10-11(16)4-5-13(12)15/h4-5,10,14,17H,2-3,6-9H2,1H3/t14-/m0/s1. The summed E-state index contributed by atoms with van der Waals surface area (Å²) in [5, 5.41) is 3.36. The summed E-state index contributed by atoms with van der Waals surface area (Å²) in [5.41, 5.74) is 1.08. The third kappa shape index (κ3) is 3.31. The Bertz CT molecular complexity index is 391. The fraction of sp³-hybridized carbons (Fsp3) is 0.571. The minimum absolute atomic E-state index is 0.149. The second-order valence-electron chi connectivity index (χ2n) is 4.76. The lowest BCUT2D eigenvalue weighted by molar-refractivity contribution is 0.164. The first-order valence-electron chi connectivity index (χ1n) is 6.62. The van der Waals surface area contributed by atoms with Crippen LogP contribution in [0.15, 0.2) is 22.7 Å². The van der Waals surface area contributed by atoms with Crippen LogP contribution in [0, 0.1) is 5.82 Å². The number of nitrogens with one attached hydrogen (secondary N) is 1. The molecule has 18 heavy (non-hydrogen) atoms. The largest absolute Gasteiger partial charge is 0.314 e. The zero-order valence-electron chi connectivity index (χ0n) is 10.8. The molecule has 1 fully saturated rings. The topological polar surface area (TPSA) is 15.3 Å². The smallest absolute Gasteiger partial charge is 0.123 e. The third-order valence-corrected chi connectivity index (χ3v) is 4.19. The average Bonchev–Trinajstić information content (AvgIpc) is 2.40. The van der Waals surface area contributed by atoms with Gasteiger partial charge in [0, 0.05) is 36.7 Å². The molecule has 1 aromatic carbocycles. The highest BCUT2D eigenvalue weighted by Crippen LogP contribution is 2.32. The molecule has 0 aromatic heterocycles. The van der Waals surface area contributed by atoms with Crippen LogP contribution in [0.5, 0.6) is 0 Å². The van der Waals surface area contributed by atoms with Crippen molar-refractivity contribution < 1.29 is 4.39 Å². The molecular weight excluding hydrogens is 295 g/mol. The molecule has 0 radical (unpaired) electrons. The van der Waals surface area contributed by atoms with Gasteiger partial charge >= 0.3 is 0 Å². The van der Waals surface area contributed by atoms with E-state index in [0.717, 1.165) is 49.1 Å². The van der Waals surface area contributed by atoms with Gasteiger partial charge in [0.25, 0.3) is 0 Å². The number of benzene rings is 1. The number of hydrogen-bond donors (Lipinski definition) is 1. The monoisotopic (exact) mass is 314 g/mol. The molecule has 1 aliphatic rings. The van der Waals surface area contributed by atoms with Crippen LogP contribution in [0.1, 0.15) is 31.4 Å². The molecule has 2 rings (SSSR count). The van der Waals surface area contributed by atoms with Gasteiger partial charge in [-0.1, -0.05) is 29.3 Å². The van der Waals surface area contributed by atoms with Gasteiger partial charge in [0.2, 0.25) is 0 Å². The summed E-state index contributed by atoms with van der Waals surface area (Å²) < 4.78 is 14.5. The van der Waals surface area contributed by atoms with Crippen LogP contribution in [0.25, 0.3) is 0 Å². The maximum atomic E-state index is 13.5. The van der Waals surface area contributed by atoms with Gasteiger partial charge in [-0.05, 0) is 30.2 Å². The van der Waals surface area contributed by atoms with Crippen LogP contribution in [0.2, 0.25) is 0 Å². The molecule has 1 saturated heterocycles. The SMILES string of the molecule is CCC[C@@H](c1cc(F)ccc1Br)N1CCNCC1. The van der Waals surface area contributed by atoms with Crippen molar-refractivity contribution in [2.75, 3.05) is 26.2 Å². The van der Waals surface area contributed by atoms with Gasteiger partial charge in [-0.15, -0.1) is 0 Å². The van der Waals surface area contributed by atoms with Crippen molar-refractivity contribution in [3.63, 3.8) is 0 Å². The minimum atomic E-state index is -0.149. The summed E-state index contributed by atoms with van der Waals surface area (Å²) >= 11 is 3.56. The van der Waals surface area contributed by atoms with Crippen LogP contribution >= 0.6 is 15.9 Å². The van der Waals surface area contributed by atoms with Crippen molar-refractivity contribution in [2.24, 2.45) is 0 Å². The lowest BCUT2D eigenvalue weighted by atomic mass is 10.00. The maximum absolute atomic E-state index is 13.5. The molecule has 2 nitrogen and oxygen atoms in total. The van der Waals surface area contributed by atoms with Gasteiger partial charge < -0.3 is 5.32 Å². The molecule has 0 aliphatic carbocycles. The fourth-order valence-corrected chi connectivity index (χ4v) is 3.08. The summed E-state index contributed by atoms with van der Waals surface area (Å²) in [4.78, 5) is 2.46. The molecule has 1 atom stereocenters. The number of nitrogens with zero attached hydrogens (tertiary/aromatic N) is 1. The summed E-state index contributed by atoms with van der Waals surface area (Å²) in [6, 6.07) is 5.32. The Labute approximate surface area is 117 Å². The van der Waals surface area contributed by atoms with Crippen molar-refractivity contribution in [1.82, 2.24) is 10.2 Å². The van der Waals surface area contributed by atoms with Crippen LogP contribution < -0.4 is 5.32 Å². The van der Waals surface area contributed by atoms with E-state index in [9.17, 15) is 4.39 Å². The predicted octanol–water partition coefficient (Wildman–Crippen LogP) is 3.33. The molecule has 4 heteroatoms. The molecule has 0 amide bonds. The van der Waals surface area contributed by atoms with E-state index in [1.807, 2.05) is 6.07 Å². The summed E-state index contributed by atoms with van der Waals surface area (Å²) in [5.74, 6) is -0.149. The molecule has 0 unspecified atom stereocenters. The van der Waals surface area contributed by atoms with E-state index in [1.165, 1.54) is 6.07 Å². The molecule has 1 aromatic rings. The summed E-state index contributed by atoms with van der Waals surface area (Å²) in [6.07, 6.45) is 2.18. The molecule has 0 spiro atoms. The van der Waals surface area contributed by atoms with Crippen LogP contribution in [0.4, 0.5) is 4.39 Å². The lowest BCUT2D eigenvalue weighted by Gasteiger charge is -2.35. The Kier molecular flexibility index (Phi) is 5.15. The van der Waals surface area contributed by atoms with E-state index < -0.39 is 0 Å². The second-order valence-corrected chi connectivity index (χ2v) is 5.61. The number of halogens is 2. The van der Waals surface area contributed by atoms with Gasteiger partial charge in [-0.25, -0.2) is 4.39 Å². The quantitative estimate of drug-likeness (QED) is 0.917. The minimum Gasteiger partial charge on any atom is -0.314 e.